The van der Waals surface area contributed by atoms with Crippen molar-refractivity contribution in [1.29, 1.82) is 0 Å². The van der Waals surface area contributed by atoms with Gasteiger partial charge in [0.25, 0.3) is 0 Å². The Morgan fingerprint density at radius 1 is 1.14 bits per heavy atom. The van der Waals surface area contributed by atoms with Crippen LogP contribution in [0.15, 0.2) is 65.3 Å². The maximum Gasteiger partial charge on any atom is 0.227 e. The molecular weight excluding hydrogens is 344 g/mol. The first-order valence-corrected chi connectivity index (χ1v) is 9.30. The highest BCUT2D eigenvalue weighted by atomic mass is 16.3. The summed E-state index contributed by atoms with van der Waals surface area (Å²) in [5.74, 6) is -1.73. The van der Waals surface area contributed by atoms with Crippen LogP contribution in [0.1, 0.15) is 36.3 Å². The molecule has 0 radical (unpaired) electrons. The number of hydrogen-bond donors (Lipinski definition) is 0. The molecule has 0 saturated carbocycles. The fourth-order valence-electron chi connectivity index (χ4n) is 3.93. The lowest BCUT2D eigenvalue weighted by Gasteiger charge is -2.09. The van der Waals surface area contributed by atoms with Crippen molar-refractivity contribution in [1.82, 2.24) is 4.98 Å². The summed E-state index contributed by atoms with van der Waals surface area (Å²) in [7, 11) is 1.91. The van der Waals surface area contributed by atoms with Crippen LogP contribution in [0.3, 0.4) is 0 Å². The third kappa shape index (κ3) is 2.43. The molecule has 0 aliphatic carbocycles. The molecule has 3 heterocycles. The third-order valence-electron chi connectivity index (χ3n) is 5.44. The molecular formula is C25H23N2O+. The summed E-state index contributed by atoms with van der Waals surface area (Å²) in [5.41, 5.74) is 4.36. The monoisotopic (exact) mass is 371 g/mol. The lowest BCUT2D eigenvalue weighted by atomic mass is 9.96. The van der Waals surface area contributed by atoms with Crippen molar-refractivity contribution in [2.45, 2.75) is 26.6 Å². The molecule has 0 saturated heterocycles. The van der Waals surface area contributed by atoms with Crippen LogP contribution >= 0.6 is 0 Å². The fourth-order valence-corrected chi connectivity index (χ4v) is 3.93. The fraction of sp³-hybridized carbons (Fsp3) is 0.200. The third-order valence-corrected chi connectivity index (χ3v) is 5.44. The number of aryl methyl sites for hydroxylation is 2. The number of hydrogen-bond acceptors (Lipinski definition) is 2. The topological polar surface area (TPSA) is 29.9 Å². The number of aromatic nitrogens is 2. The summed E-state index contributed by atoms with van der Waals surface area (Å²) < 4.78 is 40.3. The van der Waals surface area contributed by atoms with Crippen molar-refractivity contribution in [3.8, 4) is 11.3 Å². The molecule has 0 aliphatic heterocycles. The minimum atomic E-state index is -2.45. The van der Waals surface area contributed by atoms with E-state index in [-0.39, 0.29) is 0 Å². The van der Waals surface area contributed by atoms with Crippen LogP contribution in [-0.2, 0) is 7.05 Å². The highest BCUT2D eigenvalue weighted by Crippen LogP contribution is 2.39. The predicted molar refractivity (Wildman–Crippen MR) is 114 cm³/mol. The van der Waals surface area contributed by atoms with Crippen molar-refractivity contribution in [3.05, 3.63) is 72.1 Å². The Morgan fingerprint density at radius 2 is 2.00 bits per heavy atom. The smallest absolute Gasteiger partial charge is 0.227 e. The molecule has 0 bridgehead atoms. The highest BCUT2D eigenvalue weighted by molar-refractivity contribution is 6.19. The van der Waals surface area contributed by atoms with Crippen LogP contribution in [0, 0.1) is 6.92 Å². The van der Waals surface area contributed by atoms with Gasteiger partial charge in [0.1, 0.15) is 7.05 Å². The first-order valence-electron chi connectivity index (χ1n) is 11.3. The molecule has 0 spiro atoms. The van der Waals surface area contributed by atoms with E-state index in [1.54, 1.807) is 18.3 Å². The quantitative estimate of drug-likeness (QED) is 0.353. The first-order chi connectivity index (χ1) is 15.1. The molecule has 3 nitrogen and oxygen atoms in total. The molecule has 3 heteroatoms. The molecule has 0 N–H and O–H groups in total. The number of pyridine rings is 2. The minimum Gasteiger partial charge on any atom is -0.437 e. The molecule has 1 atom stereocenters. The standard InChI is InChI=1S/C25H23N2O/c1-15(2)17-11-12-27(4)21(13-17)22-16(3)9-10-20-23-19-8-6-5-7-18(19)14-26-25(23)28-24(20)22/h5-15H,1-4H3/q+1/i1D3,15D. The van der Waals surface area contributed by atoms with Gasteiger partial charge in [-0.3, -0.25) is 0 Å². The van der Waals surface area contributed by atoms with Gasteiger partial charge in [-0.05, 0) is 29.3 Å². The average molecular weight is 371 g/mol. The number of nitrogens with zero attached hydrogens (tertiary/aromatic N) is 2. The highest BCUT2D eigenvalue weighted by Gasteiger charge is 2.22. The van der Waals surface area contributed by atoms with Gasteiger partial charge in [-0.15, -0.1) is 0 Å². The summed E-state index contributed by atoms with van der Waals surface area (Å²) in [5, 5.41) is 4.04. The number of furan rings is 1. The van der Waals surface area contributed by atoms with Crippen LogP contribution in [0.5, 0.6) is 0 Å². The second-order valence-corrected chi connectivity index (χ2v) is 7.30. The number of rotatable bonds is 2. The summed E-state index contributed by atoms with van der Waals surface area (Å²) >= 11 is 0. The summed E-state index contributed by atoms with van der Waals surface area (Å²) in [4.78, 5) is 4.54. The van der Waals surface area contributed by atoms with Crippen LogP contribution in [0.2, 0.25) is 0 Å². The Hall–Kier alpha value is -3.20. The molecule has 5 rings (SSSR count). The molecule has 3 aromatic heterocycles. The zero-order valence-corrected chi connectivity index (χ0v) is 16.1. The van der Waals surface area contributed by atoms with Gasteiger partial charge in [0, 0.05) is 34.6 Å². The molecule has 5 aromatic rings. The first kappa shape index (κ1) is 13.1. The van der Waals surface area contributed by atoms with Crippen LogP contribution in [0.25, 0.3) is 44.1 Å². The van der Waals surface area contributed by atoms with E-state index in [1.807, 2.05) is 49.0 Å². The zero-order valence-electron chi connectivity index (χ0n) is 20.1. The summed E-state index contributed by atoms with van der Waals surface area (Å²) in [6, 6.07) is 15.7. The van der Waals surface area contributed by atoms with E-state index in [4.69, 9.17) is 9.90 Å². The molecule has 28 heavy (non-hydrogen) atoms. The Kier molecular flexibility index (Phi) is 2.87. The molecule has 2 aromatic carbocycles. The zero-order chi connectivity index (χ0) is 22.8. The van der Waals surface area contributed by atoms with Gasteiger partial charge in [0.2, 0.25) is 11.4 Å². The number of benzene rings is 2. The second-order valence-electron chi connectivity index (χ2n) is 7.30. The molecule has 138 valence electrons. The lowest BCUT2D eigenvalue weighted by Crippen LogP contribution is -2.31. The Morgan fingerprint density at radius 3 is 2.86 bits per heavy atom. The molecule has 0 fully saturated rings. The maximum absolute atomic E-state index is 8.54. The van der Waals surface area contributed by atoms with Gasteiger partial charge in [0.05, 0.1) is 10.9 Å². The van der Waals surface area contributed by atoms with E-state index in [9.17, 15) is 0 Å². The largest absolute Gasteiger partial charge is 0.437 e. The van der Waals surface area contributed by atoms with E-state index in [1.165, 1.54) is 6.92 Å². The molecule has 0 amide bonds. The van der Waals surface area contributed by atoms with Gasteiger partial charge in [0.15, 0.2) is 11.8 Å². The van der Waals surface area contributed by atoms with Crippen molar-refractivity contribution >= 4 is 32.8 Å². The molecule has 0 aliphatic rings. The van der Waals surface area contributed by atoms with Crippen molar-refractivity contribution < 1.29 is 14.5 Å². The normalized spacial score (nSPS) is 16.5. The average Bonchev–Trinajstić information content (AvgIpc) is 3.12. The van der Waals surface area contributed by atoms with Gasteiger partial charge < -0.3 is 4.42 Å². The minimum absolute atomic E-state index is 0.432. The second kappa shape index (κ2) is 6.16. The van der Waals surface area contributed by atoms with Gasteiger partial charge in [-0.25, -0.2) is 9.55 Å². The Bertz CT molecular complexity index is 1520. The SMILES string of the molecule is [2H]C([2H])([2H])C([2H])(C)c1cc[n+](C)c(-c2c(C)ccc3c2oc2ncc4ccccc4c23)c1. The van der Waals surface area contributed by atoms with E-state index in [0.717, 1.165) is 38.4 Å². The van der Waals surface area contributed by atoms with Crippen LogP contribution < -0.4 is 4.57 Å². The summed E-state index contributed by atoms with van der Waals surface area (Å²) in [6.07, 6.45) is 3.62. The molecule has 1 unspecified atom stereocenters. The van der Waals surface area contributed by atoms with Crippen LogP contribution in [0.4, 0.5) is 0 Å². The van der Waals surface area contributed by atoms with Gasteiger partial charge >= 0.3 is 0 Å². The lowest BCUT2D eigenvalue weighted by molar-refractivity contribution is -0.660. The van der Waals surface area contributed by atoms with Gasteiger partial charge in [-0.1, -0.05) is 50.2 Å². The van der Waals surface area contributed by atoms with E-state index in [0.29, 0.717) is 16.9 Å². The van der Waals surface area contributed by atoms with E-state index in [2.05, 4.69) is 17.1 Å². The Labute approximate surface area is 169 Å². The summed E-state index contributed by atoms with van der Waals surface area (Å²) in [6.45, 7) is 0.987. The van der Waals surface area contributed by atoms with E-state index < -0.39 is 12.7 Å². The Balaban J connectivity index is 1.85. The van der Waals surface area contributed by atoms with E-state index >= 15 is 0 Å². The maximum atomic E-state index is 8.54. The predicted octanol–water partition coefficient (Wildman–Crippen LogP) is 6.06. The number of fused-ring (bicyclic) bond motifs is 5. The van der Waals surface area contributed by atoms with Crippen LogP contribution in [-0.4, -0.2) is 4.98 Å². The van der Waals surface area contributed by atoms with Crippen molar-refractivity contribution in [2.75, 3.05) is 0 Å². The van der Waals surface area contributed by atoms with Crippen molar-refractivity contribution in [3.63, 3.8) is 0 Å². The van der Waals surface area contributed by atoms with Crippen molar-refractivity contribution in [2.24, 2.45) is 7.05 Å². The van der Waals surface area contributed by atoms with Gasteiger partial charge in [-0.2, -0.15) is 0 Å².